The highest BCUT2D eigenvalue weighted by Gasteiger charge is 2.18. The number of aromatic nitrogens is 5. The number of nitriles is 1. The smallest absolute Gasteiger partial charge is 0.171 e. The molecule has 1 aromatic carbocycles. The van der Waals surface area contributed by atoms with Crippen LogP contribution in [0.1, 0.15) is 29.9 Å². The van der Waals surface area contributed by atoms with Crippen LogP contribution in [-0.4, -0.2) is 29.7 Å². The summed E-state index contributed by atoms with van der Waals surface area (Å²) in [6, 6.07) is 10.5. The first kappa shape index (κ1) is 18.2. The molecule has 0 bridgehead atoms. The molecule has 0 saturated heterocycles. The van der Waals surface area contributed by atoms with E-state index in [1.807, 2.05) is 44.3 Å². The van der Waals surface area contributed by atoms with Crippen LogP contribution in [0.3, 0.4) is 0 Å². The molecule has 29 heavy (non-hydrogen) atoms. The van der Waals surface area contributed by atoms with Gasteiger partial charge < -0.3 is 16.2 Å². The van der Waals surface area contributed by atoms with Crippen LogP contribution in [0, 0.1) is 18.3 Å². The van der Waals surface area contributed by atoms with Crippen molar-refractivity contribution in [1.29, 1.82) is 5.26 Å². The number of hydrogen-bond donors (Lipinski definition) is 3. The fourth-order valence-corrected chi connectivity index (χ4v) is 3.09. The average molecular weight is 386 g/mol. The average Bonchev–Trinajstić information content (AvgIpc) is 3.09. The van der Waals surface area contributed by atoms with Gasteiger partial charge in [0.05, 0.1) is 17.3 Å². The maximum atomic E-state index is 9.61. The number of phenolic OH excluding ortho intramolecular Hbond substituents is 1. The molecule has 0 spiro atoms. The van der Waals surface area contributed by atoms with Gasteiger partial charge in [-0.1, -0.05) is 0 Å². The molecule has 0 aliphatic heterocycles. The molecule has 0 fully saturated rings. The van der Waals surface area contributed by atoms with Crippen molar-refractivity contribution in [2.75, 3.05) is 11.1 Å². The van der Waals surface area contributed by atoms with Crippen LogP contribution in [0.2, 0.25) is 0 Å². The lowest BCUT2D eigenvalue weighted by Gasteiger charge is -2.16. The molecule has 0 saturated carbocycles. The summed E-state index contributed by atoms with van der Waals surface area (Å²) in [7, 11) is 0. The summed E-state index contributed by atoms with van der Waals surface area (Å²) in [5.74, 6) is 1.13. The minimum atomic E-state index is -0.362. The third kappa shape index (κ3) is 3.27. The van der Waals surface area contributed by atoms with Crippen molar-refractivity contribution in [2.24, 2.45) is 0 Å². The van der Waals surface area contributed by atoms with E-state index in [9.17, 15) is 10.4 Å². The molecule has 3 aromatic heterocycles. The number of phenols is 1. The lowest BCUT2D eigenvalue weighted by molar-refractivity contribution is 0.475. The number of nitrogens with zero attached hydrogens (tertiary/aromatic N) is 6. The second-order valence-corrected chi connectivity index (χ2v) is 6.62. The summed E-state index contributed by atoms with van der Waals surface area (Å²) < 4.78 is 1.78. The Morgan fingerprint density at radius 3 is 2.69 bits per heavy atom. The van der Waals surface area contributed by atoms with E-state index in [0.717, 1.165) is 22.3 Å². The molecule has 144 valence electrons. The fourth-order valence-electron chi connectivity index (χ4n) is 3.09. The topological polar surface area (TPSA) is 138 Å². The number of benzene rings is 1. The van der Waals surface area contributed by atoms with Crippen molar-refractivity contribution < 1.29 is 5.11 Å². The quantitative estimate of drug-likeness (QED) is 0.487. The third-order valence-electron chi connectivity index (χ3n) is 4.60. The Labute approximate surface area is 166 Å². The van der Waals surface area contributed by atoms with Gasteiger partial charge in [-0.2, -0.15) is 10.4 Å². The Hall–Kier alpha value is -4.19. The summed E-state index contributed by atoms with van der Waals surface area (Å²) >= 11 is 0. The Morgan fingerprint density at radius 2 is 1.97 bits per heavy atom. The minimum absolute atomic E-state index is 0.111. The zero-order chi connectivity index (χ0) is 20.5. The number of hydrogen-bond acceptors (Lipinski definition) is 8. The Bertz CT molecular complexity index is 1240. The fraction of sp³-hybridized carbons (Fsp3) is 0.150. The molecule has 0 aliphatic carbocycles. The molecule has 0 radical (unpaired) electrons. The Morgan fingerprint density at radius 1 is 1.21 bits per heavy atom. The molecule has 0 amide bonds. The zero-order valence-corrected chi connectivity index (χ0v) is 15.8. The highest BCUT2D eigenvalue weighted by molar-refractivity contribution is 5.79. The molecule has 0 aliphatic rings. The van der Waals surface area contributed by atoms with E-state index in [1.165, 1.54) is 6.33 Å². The van der Waals surface area contributed by atoms with Crippen molar-refractivity contribution in [3.63, 3.8) is 0 Å². The van der Waals surface area contributed by atoms with Gasteiger partial charge in [-0.15, -0.1) is 0 Å². The van der Waals surface area contributed by atoms with Crippen LogP contribution in [0.4, 0.5) is 11.6 Å². The summed E-state index contributed by atoms with van der Waals surface area (Å²) in [5.41, 5.74) is 9.47. The molecule has 1 atom stereocenters. The van der Waals surface area contributed by atoms with Crippen molar-refractivity contribution in [3.05, 3.63) is 59.8 Å². The summed E-state index contributed by atoms with van der Waals surface area (Å²) in [6.45, 7) is 3.87. The van der Waals surface area contributed by atoms with Gasteiger partial charge >= 0.3 is 0 Å². The van der Waals surface area contributed by atoms with Gasteiger partial charge in [-0.05, 0) is 49.7 Å². The van der Waals surface area contributed by atoms with Crippen LogP contribution in [0.25, 0.3) is 16.8 Å². The van der Waals surface area contributed by atoms with Crippen LogP contribution < -0.4 is 11.1 Å². The van der Waals surface area contributed by atoms with Crippen molar-refractivity contribution in [1.82, 2.24) is 24.6 Å². The van der Waals surface area contributed by atoms with Crippen molar-refractivity contribution in [2.45, 2.75) is 19.9 Å². The largest absolute Gasteiger partial charge is 0.508 e. The number of anilines is 2. The number of nitrogens with one attached hydrogen (secondary N) is 1. The molecule has 3 heterocycles. The monoisotopic (exact) mass is 386 g/mol. The van der Waals surface area contributed by atoms with Gasteiger partial charge in [-0.25, -0.2) is 19.5 Å². The maximum absolute atomic E-state index is 9.61. The van der Waals surface area contributed by atoms with Gasteiger partial charge in [0.25, 0.3) is 0 Å². The first-order chi connectivity index (χ1) is 14.0. The predicted molar refractivity (Wildman–Crippen MR) is 108 cm³/mol. The normalized spacial score (nSPS) is 11.9. The predicted octanol–water partition coefficient (Wildman–Crippen LogP) is 2.83. The molecule has 0 unspecified atom stereocenters. The van der Waals surface area contributed by atoms with E-state index >= 15 is 0 Å². The minimum Gasteiger partial charge on any atom is -0.508 e. The second-order valence-electron chi connectivity index (χ2n) is 6.62. The number of nitrogens with two attached hydrogens (primary N) is 1. The van der Waals surface area contributed by atoms with Gasteiger partial charge in [0.15, 0.2) is 5.82 Å². The number of rotatable bonds is 4. The van der Waals surface area contributed by atoms with Gasteiger partial charge in [0.1, 0.15) is 35.3 Å². The standard InChI is InChI=1S/C20H18N8O/c1-11-7-8-28-17(11)16(13-3-5-14(29)6-4-13)26-19(27-28)12(2)25-20-15(9-21)18(22)23-10-24-20/h3-8,10,12,29H,1-2H3,(H3,22,23,24,25)/t12-/m0/s1. The summed E-state index contributed by atoms with van der Waals surface area (Å²) in [5, 5.41) is 26.7. The van der Waals surface area contributed by atoms with Crippen LogP contribution in [0.15, 0.2) is 42.9 Å². The van der Waals surface area contributed by atoms with E-state index in [0.29, 0.717) is 11.6 Å². The third-order valence-corrected chi connectivity index (χ3v) is 4.60. The number of fused-ring (bicyclic) bond motifs is 1. The number of nitrogen functional groups attached to an aromatic ring is 1. The lowest BCUT2D eigenvalue weighted by Crippen LogP contribution is -2.16. The van der Waals surface area contributed by atoms with Crippen molar-refractivity contribution >= 4 is 17.2 Å². The highest BCUT2D eigenvalue weighted by atomic mass is 16.3. The molecule has 9 nitrogen and oxygen atoms in total. The van der Waals surface area contributed by atoms with E-state index in [-0.39, 0.29) is 23.2 Å². The SMILES string of the molecule is Cc1ccn2nc([C@H](C)Nc3ncnc(N)c3C#N)nc(-c3ccc(O)cc3)c12. The first-order valence-electron chi connectivity index (χ1n) is 8.90. The Kier molecular flexibility index (Phi) is 4.44. The maximum Gasteiger partial charge on any atom is 0.171 e. The molecule has 4 N–H and O–H groups in total. The molecular weight excluding hydrogens is 368 g/mol. The number of aromatic hydroxyl groups is 1. The highest BCUT2D eigenvalue weighted by Crippen LogP contribution is 2.29. The van der Waals surface area contributed by atoms with Crippen molar-refractivity contribution in [3.8, 4) is 23.1 Å². The van der Waals surface area contributed by atoms with Crippen LogP contribution in [0.5, 0.6) is 5.75 Å². The Balaban J connectivity index is 1.80. The van der Waals surface area contributed by atoms with E-state index < -0.39 is 0 Å². The van der Waals surface area contributed by atoms with Crippen LogP contribution >= 0.6 is 0 Å². The first-order valence-corrected chi connectivity index (χ1v) is 8.90. The molecule has 9 heteroatoms. The molecule has 4 rings (SSSR count). The van der Waals surface area contributed by atoms with Gasteiger partial charge in [0.2, 0.25) is 0 Å². The van der Waals surface area contributed by atoms with Crippen LogP contribution in [-0.2, 0) is 0 Å². The second kappa shape index (κ2) is 7.09. The summed E-state index contributed by atoms with van der Waals surface area (Å²) in [4.78, 5) is 12.7. The lowest BCUT2D eigenvalue weighted by atomic mass is 10.1. The molecule has 4 aromatic rings. The zero-order valence-electron chi connectivity index (χ0n) is 15.8. The van der Waals surface area contributed by atoms with E-state index in [2.05, 4.69) is 20.4 Å². The number of aryl methyl sites for hydroxylation is 1. The van der Waals surface area contributed by atoms with Gasteiger partial charge in [-0.3, -0.25) is 0 Å². The van der Waals surface area contributed by atoms with E-state index in [4.69, 9.17) is 10.7 Å². The van der Waals surface area contributed by atoms with Gasteiger partial charge in [0, 0.05) is 11.8 Å². The molecular formula is C20H18N8O. The van der Waals surface area contributed by atoms with E-state index in [1.54, 1.807) is 16.6 Å². The summed E-state index contributed by atoms with van der Waals surface area (Å²) in [6.07, 6.45) is 3.17.